The van der Waals surface area contributed by atoms with Crippen LogP contribution in [-0.4, -0.2) is 107 Å². The minimum Gasteiger partial charge on any atom is 0.0157 e. The number of aromatic nitrogens is 5. The summed E-state index contributed by atoms with van der Waals surface area (Å²) in [5, 5.41) is 12.1. The molecule has 3 aromatic heterocycles. The third kappa shape index (κ3) is 6.43. The van der Waals surface area contributed by atoms with Crippen molar-refractivity contribution in [1.29, 1.82) is 0 Å². The number of piperazine rings is 1. The standard InChI is InChI=1S/C26H33F3IN10O2/c1-35-10-12-36(13-11-35)23(42)17-37-15-18(14-31-37)32-25-33-24-20(5-3-9-39(24)34-25)38-16-19-4-2-6-21(30-38)40(19)22(41)7-8-26(27,28)29/h3,5,9,14-15,19,21H,2,4,6-8,10-13,16-17H2,1H3,(H,32,34)/q-1. The van der Waals surface area contributed by atoms with E-state index < -0.39 is 40.5 Å². The Morgan fingerprint density at radius 3 is 2.71 bits per heavy atom. The molecule has 0 radical (unpaired) electrons. The first-order valence-corrected chi connectivity index (χ1v) is 16.2. The summed E-state index contributed by atoms with van der Waals surface area (Å²) in [4.78, 5) is 36.0. The summed E-state index contributed by atoms with van der Waals surface area (Å²) in [7, 11) is 2.05. The SMILES string of the molecule is CN1CCN(C(=O)Cn2cc(Nc3nc4c(N5CC6CCCC([I-]5)N6C(=O)CCC(F)(F)F)cccn4n3)cn2)CC1. The number of anilines is 3. The minimum absolute atomic E-state index is 0.0304. The number of carbonyl (C=O) groups is 2. The zero-order valence-electron chi connectivity index (χ0n) is 23.2. The number of amides is 2. The van der Waals surface area contributed by atoms with Gasteiger partial charge in [0.25, 0.3) is 0 Å². The second-order valence-corrected chi connectivity index (χ2v) is 14.1. The third-order valence-corrected chi connectivity index (χ3v) is 11.3. The summed E-state index contributed by atoms with van der Waals surface area (Å²) in [5.74, 6) is 0.0227. The van der Waals surface area contributed by atoms with Gasteiger partial charge in [0.2, 0.25) is 0 Å². The van der Waals surface area contributed by atoms with Crippen LogP contribution in [0.4, 0.5) is 30.5 Å². The summed E-state index contributed by atoms with van der Waals surface area (Å²) >= 11 is -0.711. The van der Waals surface area contributed by atoms with Gasteiger partial charge in [0.15, 0.2) is 0 Å². The predicted molar refractivity (Wildman–Crippen MR) is 143 cm³/mol. The summed E-state index contributed by atoms with van der Waals surface area (Å²) in [6.07, 6.45) is 1.85. The molecule has 3 aromatic rings. The molecule has 3 aliphatic heterocycles. The molecule has 1 N–H and O–H groups in total. The molecule has 2 unspecified atom stereocenters. The molecule has 6 heterocycles. The molecule has 2 amide bonds. The van der Waals surface area contributed by atoms with Crippen molar-refractivity contribution in [3.63, 3.8) is 0 Å². The normalized spacial score (nSPS) is 21.9. The van der Waals surface area contributed by atoms with Gasteiger partial charge in [-0.2, -0.15) is 0 Å². The van der Waals surface area contributed by atoms with Crippen molar-refractivity contribution in [3.05, 3.63) is 30.7 Å². The Kier molecular flexibility index (Phi) is 8.17. The first kappa shape index (κ1) is 28.9. The van der Waals surface area contributed by atoms with Gasteiger partial charge in [-0.25, -0.2) is 0 Å². The zero-order chi connectivity index (χ0) is 29.4. The van der Waals surface area contributed by atoms with E-state index in [4.69, 9.17) is 4.98 Å². The quantitative estimate of drug-likeness (QED) is 0.150. The second kappa shape index (κ2) is 11.9. The van der Waals surface area contributed by atoms with Crippen LogP contribution in [0.15, 0.2) is 30.7 Å². The molecular formula is C26H33F3IN10O2-. The number of nitrogens with zero attached hydrogens (tertiary/aromatic N) is 9. The van der Waals surface area contributed by atoms with Crippen LogP contribution < -0.4 is 29.9 Å². The van der Waals surface area contributed by atoms with Crippen LogP contribution in [0.5, 0.6) is 0 Å². The fourth-order valence-electron chi connectivity index (χ4n) is 5.63. The number of nitrogens with one attached hydrogen (secondary N) is 1. The van der Waals surface area contributed by atoms with Crippen molar-refractivity contribution in [1.82, 2.24) is 39.1 Å². The Morgan fingerprint density at radius 2 is 1.95 bits per heavy atom. The van der Waals surface area contributed by atoms with Gasteiger partial charge >= 0.3 is 214 Å². The molecule has 3 aliphatic rings. The van der Waals surface area contributed by atoms with Gasteiger partial charge in [-0.05, 0) is 7.05 Å². The van der Waals surface area contributed by atoms with Gasteiger partial charge in [0, 0.05) is 26.2 Å². The monoisotopic (exact) mass is 701 g/mol. The van der Waals surface area contributed by atoms with Gasteiger partial charge < -0.3 is 4.90 Å². The van der Waals surface area contributed by atoms with Gasteiger partial charge in [0.05, 0.1) is 0 Å². The number of hydrogen-bond donors (Lipinski definition) is 1. The number of carbonyl (C=O) groups excluding carboxylic acids is 2. The van der Waals surface area contributed by atoms with Gasteiger partial charge in [-0.15, -0.1) is 0 Å². The van der Waals surface area contributed by atoms with Crippen LogP contribution in [0, 0.1) is 0 Å². The molecule has 0 aliphatic carbocycles. The largest absolute Gasteiger partial charge is 0.0333 e. The predicted octanol–water partition coefficient (Wildman–Crippen LogP) is -0.683. The summed E-state index contributed by atoms with van der Waals surface area (Å²) in [6, 6.07) is 3.76. The van der Waals surface area contributed by atoms with E-state index >= 15 is 0 Å². The van der Waals surface area contributed by atoms with E-state index in [1.54, 1.807) is 26.5 Å². The second-order valence-electron chi connectivity index (χ2n) is 10.9. The number of fused-ring (bicyclic) bond motifs is 3. The maximum absolute atomic E-state index is 12.8. The summed E-state index contributed by atoms with van der Waals surface area (Å²) < 4.78 is 43.8. The Bertz CT molecular complexity index is 1420. The fourth-order valence-corrected chi connectivity index (χ4v) is 9.51. The Balaban J connectivity index is 1.12. The van der Waals surface area contributed by atoms with Crippen LogP contribution in [-0.2, 0) is 16.1 Å². The Labute approximate surface area is 251 Å². The number of halogens is 4. The molecule has 3 fully saturated rings. The molecule has 3 saturated heterocycles. The van der Waals surface area contributed by atoms with E-state index in [-0.39, 0.29) is 28.4 Å². The summed E-state index contributed by atoms with van der Waals surface area (Å²) in [6.45, 7) is 3.87. The number of likely N-dealkylation sites (N-methyl/N-ethyl adjacent to an activating group) is 1. The molecule has 228 valence electrons. The van der Waals surface area contributed by atoms with E-state index in [1.807, 2.05) is 30.3 Å². The zero-order valence-corrected chi connectivity index (χ0v) is 25.3. The van der Waals surface area contributed by atoms with Crippen molar-refractivity contribution in [2.24, 2.45) is 0 Å². The van der Waals surface area contributed by atoms with Crippen LogP contribution in [0.2, 0.25) is 0 Å². The third-order valence-electron chi connectivity index (χ3n) is 7.83. The molecule has 16 heteroatoms. The number of alkyl halides is 4. The smallest absolute Gasteiger partial charge is 0.0157 e. The van der Waals surface area contributed by atoms with Crippen molar-refractivity contribution < 1.29 is 44.2 Å². The summed E-state index contributed by atoms with van der Waals surface area (Å²) in [5.41, 5.74) is 2.22. The molecule has 0 spiro atoms. The van der Waals surface area contributed by atoms with E-state index in [1.165, 1.54) is 0 Å². The molecule has 6 rings (SSSR count). The van der Waals surface area contributed by atoms with E-state index in [0.717, 1.165) is 38.0 Å². The van der Waals surface area contributed by atoms with Crippen molar-refractivity contribution >= 4 is 34.8 Å². The number of hydrogen-bond acceptors (Lipinski definition) is 8. The van der Waals surface area contributed by atoms with Gasteiger partial charge in [-0.1, -0.05) is 0 Å². The number of piperidine rings is 1. The average Bonchev–Trinajstić information content (AvgIpc) is 3.57. The number of rotatable bonds is 7. The fraction of sp³-hybridized carbons (Fsp3) is 0.577. The van der Waals surface area contributed by atoms with E-state index in [0.29, 0.717) is 36.9 Å². The van der Waals surface area contributed by atoms with Gasteiger partial charge in [0.1, 0.15) is 0 Å². The molecule has 0 aromatic carbocycles. The molecule has 2 atom stereocenters. The van der Waals surface area contributed by atoms with Crippen LogP contribution in [0.1, 0.15) is 32.1 Å². The van der Waals surface area contributed by atoms with Crippen molar-refractivity contribution in [2.45, 2.75) is 54.9 Å². The first-order chi connectivity index (χ1) is 20.1. The molecule has 0 saturated carbocycles. The molecular weight excluding hydrogens is 668 g/mol. The molecule has 2 bridgehead atoms. The first-order valence-electron chi connectivity index (χ1n) is 14.0. The van der Waals surface area contributed by atoms with Crippen LogP contribution in [0.25, 0.3) is 5.65 Å². The minimum atomic E-state index is -4.34. The topological polar surface area (TPSA) is 107 Å². The molecule has 12 nitrogen and oxygen atoms in total. The van der Waals surface area contributed by atoms with E-state index in [9.17, 15) is 22.8 Å². The average molecular weight is 702 g/mol. The van der Waals surface area contributed by atoms with Crippen molar-refractivity contribution in [2.75, 3.05) is 48.2 Å². The molecule has 42 heavy (non-hydrogen) atoms. The Morgan fingerprint density at radius 1 is 1.14 bits per heavy atom. The van der Waals surface area contributed by atoms with Crippen LogP contribution in [0.3, 0.4) is 0 Å². The number of pyridine rings is 1. The van der Waals surface area contributed by atoms with Crippen LogP contribution >= 0.6 is 0 Å². The van der Waals surface area contributed by atoms with Gasteiger partial charge in [-0.3, -0.25) is 0 Å². The van der Waals surface area contributed by atoms with Crippen molar-refractivity contribution in [3.8, 4) is 0 Å². The maximum atomic E-state index is 12.8. The Hall–Kier alpha value is -3.15. The maximum Gasteiger partial charge on any atom is 0.0333 e. The van der Waals surface area contributed by atoms with E-state index in [2.05, 4.69) is 23.5 Å².